The Balaban J connectivity index is 2.03. The number of rotatable bonds is 4. The van der Waals surface area contributed by atoms with Crippen molar-refractivity contribution in [2.45, 2.75) is 12.6 Å². The van der Waals surface area contributed by atoms with Gasteiger partial charge in [0.15, 0.2) is 5.69 Å². The minimum Gasteiger partial charge on any atom is -0.355 e. The topological polar surface area (TPSA) is 70.7 Å². The van der Waals surface area contributed by atoms with E-state index in [-0.39, 0.29) is 5.95 Å². The third kappa shape index (κ3) is 3.81. The molecule has 2 aromatic heterocycles. The first-order chi connectivity index (χ1) is 9.45. The van der Waals surface area contributed by atoms with E-state index in [9.17, 15) is 18.0 Å². The van der Waals surface area contributed by atoms with Crippen molar-refractivity contribution in [3.63, 3.8) is 0 Å². The van der Waals surface area contributed by atoms with Crippen LogP contribution >= 0.6 is 0 Å². The molecular formula is C12H11F3N4O. The van der Waals surface area contributed by atoms with Crippen molar-refractivity contribution >= 4 is 5.95 Å². The van der Waals surface area contributed by atoms with Crippen molar-refractivity contribution in [3.05, 3.63) is 52.2 Å². The molecule has 2 rings (SSSR count). The van der Waals surface area contributed by atoms with Crippen LogP contribution < -0.4 is 10.9 Å². The number of anilines is 1. The molecule has 0 bridgehead atoms. The number of halogens is 3. The van der Waals surface area contributed by atoms with Crippen LogP contribution in [0.2, 0.25) is 0 Å². The number of aromatic amines is 1. The first-order valence-electron chi connectivity index (χ1n) is 5.76. The molecule has 5 nitrogen and oxygen atoms in total. The van der Waals surface area contributed by atoms with Gasteiger partial charge < -0.3 is 5.32 Å². The Labute approximate surface area is 111 Å². The van der Waals surface area contributed by atoms with Gasteiger partial charge in [0.1, 0.15) is 0 Å². The molecule has 106 valence electrons. The SMILES string of the molecule is O=c1cc(C(F)(F)F)nc(NCCc2cccnc2)[nH]1. The Morgan fingerprint density at radius 2 is 2.15 bits per heavy atom. The minimum atomic E-state index is -4.64. The second kappa shape index (κ2) is 5.72. The van der Waals surface area contributed by atoms with Gasteiger partial charge in [0, 0.05) is 25.0 Å². The lowest BCUT2D eigenvalue weighted by Gasteiger charge is -2.09. The molecule has 0 aliphatic carbocycles. The normalized spacial score (nSPS) is 11.3. The lowest BCUT2D eigenvalue weighted by molar-refractivity contribution is -0.141. The van der Waals surface area contributed by atoms with E-state index in [4.69, 9.17) is 0 Å². The molecule has 0 aliphatic heterocycles. The molecule has 0 aromatic carbocycles. The van der Waals surface area contributed by atoms with Gasteiger partial charge in [-0.15, -0.1) is 0 Å². The molecule has 2 heterocycles. The number of nitrogens with zero attached hydrogens (tertiary/aromatic N) is 2. The van der Waals surface area contributed by atoms with Crippen LogP contribution in [0.1, 0.15) is 11.3 Å². The van der Waals surface area contributed by atoms with Crippen LogP contribution in [0.15, 0.2) is 35.4 Å². The molecular weight excluding hydrogens is 273 g/mol. The van der Waals surface area contributed by atoms with Crippen LogP contribution in [0, 0.1) is 0 Å². The van der Waals surface area contributed by atoms with Crippen LogP contribution in [0.3, 0.4) is 0 Å². The molecule has 20 heavy (non-hydrogen) atoms. The maximum atomic E-state index is 12.5. The number of pyridine rings is 1. The van der Waals surface area contributed by atoms with E-state index >= 15 is 0 Å². The summed E-state index contributed by atoms with van der Waals surface area (Å²) in [6.45, 7) is 0.329. The third-order valence-corrected chi connectivity index (χ3v) is 2.46. The lowest BCUT2D eigenvalue weighted by atomic mass is 10.2. The van der Waals surface area contributed by atoms with E-state index in [0.717, 1.165) is 5.56 Å². The largest absolute Gasteiger partial charge is 0.433 e. The maximum Gasteiger partial charge on any atom is 0.433 e. The summed E-state index contributed by atoms with van der Waals surface area (Å²) in [5, 5.41) is 2.65. The molecule has 2 aromatic rings. The molecule has 0 saturated heterocycles. The van der Waals surface area contributed by atoms with Crippen molar-refractivity contribution in [2.24, 2.45) is 0 Å². The van der Waals surface area contributed by atoms with Crippen molar-refractivity contribution in [2.75, 3.05) is 11.9 Å². The van der Waals surface area contributed by atoms with Gasteiger partial charge in [0.2, 0.25) is 5.95 Å². The molecule has 0 spiro atoms. The Bertz CT molecular complexity index is 625. The average Bonchev–Trinajstić information content (AvgIpc) is 2.38. The van der Waals surface area contributed by atoms with Crippen molar-refractivity contribution in [1.82, 2.24) is 15.0 Å². The Hall–Kier alpha value is -2.38. The quantitative estimate of drug-likeness (QED) is 0.898. The number of hydrogen-bond donors (Lipinski definition) is 2. The number of alkyl halides is 3. The predicted octanol–water partition coefficient (Wildman–Crippen LogP) is 1.84. The summed E-state index contributed by atoms with van der Waals surface area (Å²) in [5.74, 6) is -0.200. The molecule has 0 amide bonds. The maximum absolute atomic E-state index is 12.5. The van der Waals surface area contributed by atoms with Crippen molar-refractivity contribution < 1.29 is 13.2 Å². The van der Waals surface area contributed by atoms with Crippen LogP contribution in [-0.4, -0.2) is 21.5 Å². The summed E-state index contributed by atoms with van der Waals surface area (Å²) in [7, 11) is 0. The molecule has 0 saturated carbocycles. The Morgan fingerprint density at radius 1 is 1.35 bits per heavy atom. The van der Waals surface area contributed by atoms with E-state index in [2.05, 4.69) is 20.3 Å². The van der Waals surface area contributed by atoms with Crippen LogP contribution in [0.4, 0.5) is 19.1 Å². The van der Waals surface area contributed by atoms with Crippen LogP contribution in [-0.2, 0) is 12.6 Å². The number of nitrogens with one attached hydrogen (secondary N) is 2. The second-order valence-corrected chi connectivity index (χ2v) is 4.02. The van der Waals surface area contributed by atoms with Crippen LogP contribution in [0.25, 0.3) is 0 Å². The molecule has 0 atom stereocenters. The Morgan fingerprint density at radius 3 is 2.80 bits per heavy atom. The standard InChI is InChI=1S/C12H11F3N4O/c13-12(14,15)9-6-10(20)19-11(18-9)17-5-3-8-2-1-4-16-7-8/h1-2,4,6-7H,3,5H2,(H2,17,18,19,20). The highest BCUT2D eigenvalue weighted by Crippen LogP contribution is 2.26. The van der Waals surface area contributed by atoms with Crippen molar-refractivity contribution in [3.8, 4) is 0 Å². The summed E-state index contributed by atoms with van der Waals surface area (Å²) >= 11 is 0. The molecule has 2 N–H and O–H groups in total. The number of H-pyrrole nitrogens is 1. The highest BCUT2D eigenvalue weighted by Gasteiger charge is 2.33. The summed E-state index contributed by atoms with van der Waals surface area (Å²) in [5.41, 5.74) is -1.14. The van der Waals surface area contributed by atoms with E-state index in [1.807, 2.05) is 6.07 Å². The zero-order chi connectivity index (χ0) is 14.6. The second-order valence-electron chi connectivity index (χ2n) is 4.02. The van der Waals surface area contributed by atoms with Gasteiger partial charge >= 0.3 is 6.18 Å². The number of hydrogen-bond acceptors (Lipinski definition) is 4. The molecule has 0 radical (unpaired) electrons. The lowest BCUT2D eigenvalue weighted by Crippen LogP contribution is -2.19. The summed E-state index contributed by atoms with van der Waals surface area (Å²) in [6, 6.07) is 4.03. The molecule has 8 heteroatoms. The first-order valence-corrected chi connectivity index (χ1v) is 5.76. The van der Waals surface area contributed by atoms with Gasteiger partial charge in [0.25, 0.3) is 5.56 Å². The number of aromatic nitrogens is 3. The van der Waals surface area contributed by atoms with Gasteiger partial charge in [-0.1, -0.05) is 6.07 Å². The molecule has 0 unspecified atom stereocenters. The van der Waals surface area contributed by atoms with Gasteiger partial charge in [-0.25, -0.2) is 4.98 Å². The zero-order valence-corrected chi connectivity index (χ0v) is 10.2. The fraction of sp³-hybridized carbons (Fsp3) is 0.250. The van der Waals surface area contributed by atoms with Gasteiger partial charge in [0.05, 0.1) is 0 Å². The van der Waals surface area contributed by atoms with E-state index in [0.29, 0.717) is 19.0 Å². The fourth-order valence-electron chi connectivity index (χ4n) is 1.56. The van der Waals surface area contributed by atoms with Crippen molar-refractivity contribution in [1.29, 1.82) is 0 Å². The highest BCUT2D eigenvalue weighted by atomic mass is 19.4. The third-order valence-electron chi connectivity index (χ3n) is 2.46. The predicted molar refractivity (Wildman–Crippen MR) is 66.3 cm³/mol. The monoisotopic (exact) mass is 284 g/mol. The summed E-state index contributed by atoms with van der Waals surface area (Å²) in [4.78, 5) is 20.6. The fourth-order valence-corrected chi connectivity index (χ4v) is 1.56. The van der Waals surface area contributed by atoms with Gasteiger partial charge in [-0.2, -0.15) is 13.2 Å². The van der Waals surface area contributed by atoms with E-state index < -0.39 is 17.4 Å². The van der Waals surface area contributed by atoms with Gasteiger partial charge in [-0.3, -0.25) is 14.8 Å². The highest BCUT2D eigenvalue weighted by molar-refractivity contribution is 5.26. The summed E-state index contributed by atoms with van der Waals surface area (Å²) in [6.07, 6.45) is -0.811. The van der Waals surface area contributed by atoms with Crippen LogP contribution in [0.5, 0.6) is 0 Å². The minimum absolute atomic E-state index is 0.200. The van der Waals surface area contributed by atoms with E-state index in [1.54, 1.807) is 18.5 Å². The van der Waals surface area contributed by atoms with E-state index in [1.165, 1.54) is 0 Å². The Kier molecular flexibility index (Phi) is 4.02. The summed E-state index contributed by atoms with van der Waals surface area (Å²) < 4.78 is 37.5. The first kappa shape index (κ1) is 14.0. The average molecular weight is 284 g/mol. The smallest absolute Gasteiger partial charge is 0.355 e. The molecule has 0 aliphatic rings. The molecule has 0 fully saturated rings. The van der Waals surface area contributed by atoms with Gasteiger partial charge in [-0.05, 0) is 18.1 Å². The zero-order valence-electron chi connectivity index (χ0n) is 10.2.